The number of halogens is 1. The minimum atomic E-state index is -0.246. The smallest absolute Gasteiger partial charge is 0.134 e. The van der Waals surface area contributed by atoms with Crippen molar-refractivity contribution < 1.29 is 8.81 Å². The number of rotatable bonds is 2. The molecule has 0 saturated carbocycles. The molecule has 2 heteroatoms. The third kappa shape index (κ3) is 1.59. The van der Waals surface area contributed by atoms with Crippen LogP contribution in [0.5, 0.6) is 0 Å². The summed E-state index contributed by atoms with van der Waals surface area (Å²) >= 11 is 0. The fourth-order valence-electron chi connectivity index (χ4n) is 1.23. The highest BCUT2D eigenvalue weighted by atomic mass is 19.1. The fraction of sp³-hybridized carbons (Fsp3) is 0. The molecule has 0 aliphatic carbocycles. The average molecular weight is 188 g/mol. The standard InChI is InChI=1S/C12H9FO/c1-2-11-7-8-12(14-11)9-3-5-10(13)6-4-9/h2-8H,1H2. The molecule has 0 aliphatic heterocycles. The van der Waals surface area contributed by atoms with E-state index in [0.717, 1.165) is 11.3 Å². The Hall–Kier alpha value is -1.83. The summed E-state index contributed by atoms with van der Waals surface area (Å²) in [4.78, 5) is 0. The van der Waals surface area contributed by atoms with E-state index in [9.17, 15) is 4.39 Å². The van der Waals surface area contributed by atoms with Crippen molar-refractivity contribution in [2.24, 2.45) is 0 Å². The first-order chi connectivity index (χ1) is 6.79. The van der Waals surface area contributed by atoms with E-state index in [-0.39, 0.29) is 5.82 Å². The molecule has 0 fully saturated rings. The number of hydrogen-bond donors (Lipinski definition) is 0. The Labute approximate surface area is 81.5 Å². The summed E-state index contributed by atoms with van der Waals surface area (Å²) in [5.74, 6) is 1.19. The van der Waals surface area contributed by atoms with Crippen molar-refractivity contribution in [3.8, 4) is 11.3 Å². The van der Waals surface area contributed by atoms with Gasteiger partial charge in [-0.05, 0) is 42.5 Å². The van der Waals surface area contributed by atoms with Crippen molar-refractivity contribution in [2.75, 3.05) is 0 Å². The van der Waals surface area contributed by atoms with E-state index < -0.39 is 0 Å². The third-order valence-electron chi connectivity index (χ3n) is 1.96. The zero-order valence-electron chi connectivity index (χ0n) is 7.53. The maximum Gasteiger partial charge on any atom is 0.134 e. The Kier molecular flexibility index (Phi) is 2.19. The molecule has 0 aliphatic rings. The number of benzene rings is 1. The fourth-order valence-corrected chi connectivity index (χ4v) is 1.23. The van der Waals surface area contributed by atoms with Gasteiger partial charge in [0.2, 0.25) is 0 Å². The van der Waals surface area contributed by atoms with E-state index in [1.165, 1.54) is 12.1 Å². The van der Waals surface area contributed by atoms with Crippen molar-refractivity contribution >= 4 is 6.08 Å². The average Bonchev–Trinajstić information content (AvgIpc) is 2.67. The highest BCUT2D eigenvalue weighted by Crippen LogP contribution is 2.22. The maximum atomic E-state index is 12.6. The van der Waals surface area contributed by atoms with Gasteiger partial charge in [0.25, 0.3) is 0 Å². The molecule has 0 bridgehead atoms. The van der Waals surface area contributed by atoms with Crippen LogP contribution >= 0.6 is 0 Å². The first kappa shape index (κ1) is 8.75. The summed E-state index contributed by atoms with van der Waals surface area (Å²) < 4.78 is 18.0. The van der Waals surface area contributed by atoms with Crippen LogP contribution in [0.1, 0.15) is 5.76 Å². The first-order valence-corrected chi connectivity index (χ1v) is 4.28. The van der Waals surface area contributed by atoms with Crippen LogP contribution in [-0.2, 0) is 0 Å². The van der Waals surface area contributed by atoms with E-state index in [2.05, 4.69) is 6.58 Å². The van der Waals surface area contributed by atoms with Gasteiger partial charge in [-0.2, -0.15) is 0 Å². The lowest BCUT2D eigenvalue weighted by molar-refractivity contribution is 0.571. The zero-order valence-corrected chi connectivity index (χ0v) is 7.53. The molecule has 0 spiro atoms. The molecule has 1 nitrogen and oxygen atoms in total. The van der Waals surface area contributed by atoms with Crippen LogP contribution in [0.4, 0.5) is 4.39 Å². The topological polar surface area (TPSA) is 13.1 Å². The summed E-state index contributed by atoms with van der Waals surface area (Å²) in [5, 5.41) is 0. The van der Waals surface area contributed by atoms with E-state index in [1.54, 1.807) is 18.2 Å². The van der Waals surface area contributed by atoms with Crippen LogP contribution in [0.3, 0.4) is 0 Å². The summed E-state index contributed by atoms with van der Waals surface area (Å²) in [6.07, 6.45) is 1.63. The van der Waals surface area contributed by atoms with Gasteiger partial charge in [0.1, 0.15) is 17.3 Å². The van der Waals surface area contributed by atoms with E-state index in [4.69, 9.17) is 4.42 Å². The largest absolute Gasteiger partial charge is 0.457 e. The van der Waals surface area contributed by atoms with Crippen molar-refractivity contribution in [1.82, 2.24) is 0 Å². The molecule has 0 atom stereocenters. The Morgan fingerprint density at radius 2 is 1.79 bits per heavy atom. The van der Waals surface area contributed by atoms with Crippen LogP contribution in [0.2, 0.25) is 0 Å². The predicted octanol–water partition coefficient (Wildman–Crippen LogP) is 3.73. The molecule has 0 saturated heterocycles. The van der Waals surface area contributed by atoms with E-state index >= 15 is 0 Å². The monoisotopic (exact) mass is 188 g/mol. The summed E-state index contributed by atoms with van der Waals surface area (Å²) in [6.45, 7) is 3.60. The van der Waals surface area contributed by atoms with Gasteiger partial charge in [-0.25, -0.2) is 4.39 Å². The molecule has 2 aromatic rings. The molecule has 0 unspecified atom stereocenters. The molecule has 70 valence electrons. The predicted molar refractivity (Wildman–Crippen MR) is 54.2 cm³/mol. The van der Waals surface area contributed by atoms with Crippen molar-refractivity contribution in [2.45, 2.75) is 0 Å². The van der Waals surface area contributed by atoms with Crippen LogP contribution in [-0.4, -0.2) is 0 Å². The quantitative estimate of drug-likeness (QED) is 0.699. The molecule has 2 rings (SSSR count). The lowest BCUT2D eigenvalue weighted by atomic mass is 10.2. The zero-order chi connectivity index (χ0) is 9.97. The van der Waals surface area contributed by atoms with Crippen molar-refractivity contribution in [3.63, 3.8) is 0 Å². The molecule has 14 heavy (non-hydrogen) atoms. The SMILES string of the molecule is C=Cc1ccc(-c2ccc(F)cc2)o1. The molecule has 0 N–H and O–H groups in total. The molecule has 1 aromatic carbocycles. The highest BCUT2D eigenvalue weighted by molar-refractivity contribution is 5.59. The Balaban J connectivity index is 2.39. The third-order valence-corrected chi connectivity index (χ3v) is 1.96. The van der Waals surface area contributed by atoms with Crippen molar-refractivity contribution in [3.05, 3.63) is 54.6 Å². The Morgan fingerprint density at radius 3 is 2.36 bits per heavy atom. The van der Waals surface area contributed by atoms with Gasteiger partial charge in [-0.1, -0.05) is 6.58 Å². The van der Waals surface area contributed by atoms with E-state index in [1.807, 2.05) is 12.1 Å². The first-order valence-electron chi connectivity index (χ1n) is 4.28. The van der Waals surface area contributed by atoms with Gasteiger partial charge < -0.3 is 4.42 Å². The van der Waals surface area contributed by atoms with E-state index in [0.29, 0.717) is 5.76 Å². The normalized spacial score (nSPS) is 10.1. The lowest BCUT2D eigenvalue weighted by Gasteiger charge is -1.95. The summed E-state index contributed by atoms with van der Waals surface area (Å²) in [7, 11) is 0. The second-order valence-corrected chi connectivity index (χ2v) is 2.91. The summed E-state index contributed by atoms with van der Waals surface area (Å²) in [5.41, 5.74) is 0.861. The lowest BCUT2D eigenvalue weighted by Crippen LogP contribution is -1.75. The van der Waals surface area contributed by atoms with Crippen LogP contribution in [0, 0.1) is 5.82 Å². The van der Waals surface area contributed by atoms with Gasteiger partial charge in [-0.15, -0.1) is 0 Å². The Morgan fingerprint density at radius 1 is 1.07 bits per heavy atom. The number of furan rings is 1. The van der Waals surface area contributed by atoms with Gasteiger partial charge in [0, 0.05) is 5.56 Å². The van der Waals surface area contributed by atoms with Gasteiger partial charge >= 0.3 is 0 Å². The van der Waals surface area contributed by atoms with Gasteiger partial charge in [0.15, 0.2) is 0 Å². The molecule has 0 amide bonds. The van der Waals surface area contributed by atoms with Gasteiger partial charge in [-0.3, -0.25) is 0 Å². The molecule has 1 heterocycles. The minimum Gasteiger partial charge on any atom is -0.457 e. The van der Waals surface area contributed by atoms with Crippen molar-refractivity contribution in [1.29, 1.82) is 0 Å². The van der Waals surface area contributed by atoms with Crippen LogP contribution < -0.4 is 0 Å². The minimum absolute atomic E-state index is 0.246. The summed E-state index contributed by atoms with van der Waals surface area (Å²) in [6, 6.07) is 9.84. The second-order valence-electron chi connectivity index (χ2n) is 2.91. The van der Waals surface area contributed by atoms with Crippen LogP contribution in [0.25, 0.3) is 17.4 Å². The molecule has 0 radical (unpaired) electrons. The van der Waals surface area contributed by atoms with Gasteiger partial charge in [0.05, 0.1) is 0 Å². The maximum absolute atomic E-state index is 12.6. The second kappa shape index (κ2) is 3.50. The molecular formula is C12H9FO. The highest BCUT2D eigenvalue weighted by Gasteiger charge is 2.02. The molecule has 1 aromatic heterocycles. The molecular weight excluding hydrogens is 179 g/mol. The Bertz CT molecular complexity index is 440. The number of hydrogen-bond acceptors (Lipinski definition) is 1. The van der Waals surface area contributed by atoms with Crippen LogP contribution in [0.15, 0.2) is 47.4 Å².